The number of rotatable bonds is 4. The summed E-state index contributed by atoms with van der Waals surface area (Å²) in [5, 5.41) is 12.2. The predicted octanol–water partition coefficient (Wildman–Crippen LogP) is 2.98. The van der Waals surface area contributed by atoms with Crippen LogP contribution in [0, 0.1) is 5.41 Å². The van der Waals surface area contributed by atoms with Crippen molar-refractivity contribution in [2.75, 3.05) is 19.3 Å². The number of thioether (sulfide) groups is 1. The Balaban J connectivity index is 2.02. The Labute approximate surface area is 135 Å². The van der Waals surface area contributed by atoms with E-state index in [4.69, 9.17) is 0 Å². The second kappa shape index (κ2) is 6.60. The van der Waals surface area contributed by atoms with Crippen LogP contribution < -0.4 is 5.32 Å². The molecule has 1 aliphatic rings. The van der Waals surface area contributed by atoms with Gasteiger partial charge in [0.25, 0.3) is 0 Å². The number of benzene rings is 1. The van der Waals surface area contributed by atoms with Gasteiger partial charge in [-0.25, -0.2) is 4.79 Å². The summed E-state index contributed by atoms with van der Waals surface area (Å²) in [7, 11) is 0. The van der Waals surface area contributed by atoms with Crippen LogP contribution in [0.2, 0.25) is 0 Å². The minimum atomic E-state index is -0.844. The average Bonchev–Trinajstić information content (AvgIpc) is 2.91. The number of carbonyl (C=O) groups excluding carboxylic acids is 1. The Morgan fingerprint density at radius 3 is 2.68 bits per heavy atom. The Morgan fingerprint density at radius 2 is 2.09 bits per heavy atom. The lowest BCUT2D eigenvalue weighted by Gasteiger charge is -2.23. The SMILES string of the molecule is CSc1ccccc1[C@@H](C)NC(=O)N1CCC(C)(C(=O)O)C1. The number of nitrogens with zero attached hydrogens (tertiary/aromatic N) is 1. The standard InChI is InChI=1S/C16H22N2O3S/c1-11(12-6-4-5-7-13(12)22-3)17-15(21)18-9-8-16(2,10-18)14(19)20/h4-7,11H,8-10H2,1-3H3,(H,17,21)(H,19,20)/t11-,16?/m1/s1. The number of carboxylic acid groups (broad SMARTS) is 1. The van der Waals surface area contributed by atoms with E-state index >= 15 is 0 Å². The first kappa shape index (κ1) is 16.7. The molecule has 0 saturated carbocycles. The molecule has 1 heterocycles. The molecule has 2 N–H and O–H groups in total. The smallest absolute Gasteiger partial charge is 0.317 e. The van der Waals surface area contributed by atoms with E-state index in [-0.39, 0.29) is 18.6 Å². The number of carbonyl (C=O) groups is 2. The molecule has 5 nitrogen and oxygen atoms in total. The van der Waals surface area contributed by atoms with Crippen molar-refractivity contribution < 1.29 is 14.7 Å². The summed E-state index contributed by atoms with van der Waals surface area (Å²) in [6, 6.07) is 7.64. The van der Waals surface area contributed by atoms with E-state index in [9.17, 15) is 14.7 Å². The highest BCUT2D eigenvalue weighted by Gasteiger charge is 2.42. The monoisotopic (exact) mass is 322 g/mol. The van der Waals surface area contributed by atoms with E-state index in [1.165, 1.54) is 0 Å². The fourth-order valence-electron chi connectivity index (χ4n) is 2.69. The van der Waals surface area contributed by atoms with Crippen LogP contribution in [0.1, 0.15) is 31.9 Å². The molecule has 1 aliphatic heterocycles. The van der Waals surface area contributed by atoms with Crippen LogP contribution in [0.15, 0.2) is 29.2 Å². The van der Waals surface area contributed by atoms with Gasteiger partial charge < -0.3 is 15.3 Å². The number of aliphatic carboxylic acids is 1. The van der Waals surface area contributed by atoms with Gasteiger partial charge >= 0.3 is 12.0 Å². The maximum Gasteiger partial charge on any atom is 0.317 e. The van der Waals surface area contributed by atoms with Crippen molar-refractivity contribution in [1.29, 1.82) is 0 Å². The zero-order valence-electron chi connectivity index (χ0n) is 13.1. The molecule has 2 rings (SSSR count). The van der Waals surface area contributed by atoms with Crippen LogP contribution in [0.5, 0.6) is 0 Å². The van der Waals surface area contributed by atoms with Crippen molar-refractivity contribution in [3.8, 4) is 0 Å². The molecule has 1 fully saturated rings. The van der Waals surface area contributed by atoms with Crippen molar-refractivity contribution in [2.24, 2.45) is 5.41 Å². The topological polar surface area (TPSA) is 69.6 Å². The van der Waals surface area contributed by atoms with Gasteiger partial charge in [0.05, 0.1) is 11.5 Å². The maximum absolute atomic E-state index is 12.4. The zero-order chi connectivity index (χ0) is 16.3. The summed E-state index contributed by atoms with van der Waals surface area (Å²) in [6.45, 7) is 4.37. The van der Waals surface area contributed by atoms with Gasteiger partial charge in [-0.1, -0.05) is 18.2 Å². The quantitative estimate of drug-likeness (QED) is 0.836. The lowest BCUT2D eigenvalue weighted by Crippen LogP contribution is -2.41. The molecule has 1 aromatic rings. The van der Waals surface area contributed by atoms with Gasteiger partial charge in [0.1, 0.15) is 0 Å². The number of amides is 2. The van der Waals surface area contributed by atoms with Gasteiger partial charge in [-0.3, -0.25) is 4.79 Å². The zero-order valence-corrected chi connectivity index (χ0v) is 13.9. The van der Waals surface area contributed by atoms with E-state index in [2.05, 4.69) is 5.32 Å². The summed E-state index contributed by atoms with van der Waals surface area (Å²) in [5.41, 5.74) is 0.237. The van der Waals surface area contributed by atoms with Crippen LogP contribution in [-0.4, -0.2) is 41.4 Å². The fourth-order valence-corrected chi connectivity index (χ4v) is 3.38. The first-order chi connectivity index (χ1) is 10.4. The second-order valence-corrected chi connectivity index (χ2v) is 6.80. The number of urea groups is 1. The molecule has 6 heteroatoms. The summed E-state index contributed by atoms with van der Waals surface area (Å²) in [6.07, 6.45) is 2.50. The normalized spacial score (nSPS) is 22.4. The first-order valence-corrected chi connectivity index (χ1v) is 8.51. The number of hydrogen-bond acceptors (Lipinski definition) is 3. The highest BCUT2D eigenvalue weighted by molar-refractivity contribution is 7.98. The van der Waals surface area contributed by atoms with Gasteiger partial charge in [-0.05, 0) is 38.2 Å². The molecule has 0 spiro atoms. The van der Waals surface area contributed by atoms with Gasteiger partial charge in [0.15, 0.2) is 0 Å². The van der Waals surface area contributed by atoms with Crippen LogP contribution >= 0.6 is 11.8 Å². The molecule has 120 valence electrons. The van der Waals surface area contributed by atoms with Crippen molar-refractivity contribution in [3.63, 3.8) is 0 Å². The Morgan fingerprint density at radius 1 is 1.41 bits per heavy atom. The minimum Gasteiger partial charge on any atom is -0.481 e. The second-order valence-electron chi connectivity index (χ2n) is 5.95. The highest BCUT2D eigenvalue weighted by atomic mass is 32.2. The maximum atomic E-state index is 12.4. The lowest BCUT2D eigenvalue weighted by molar-refractivity contribution is -0.146. The van der Waals surface area contributed by atoms with Crippen LogP contribution in [0.25, 0.3) is 0 Å². The van der Waals surface area contributed by atoms with E-state index in [1.54, 1.807) is 23.6 Å². The largest absolute Gasteiger partial charge is 0.481 e. The van der Waals surface area contributed by atoms with Crippen molar-refractivity contribution in [1.82, 2.24) is 10.2 Å². The van der Waals surface area contributed by atoms with Crippen molar-refractivity contribution in [2.45, 2.75) is 31.2 Å². The first-order valence-electron chi connectivity index (χ1n) is 7.29. The third-order valence-corrected chi connectivity index (χ3v) is 5.03. The van der Waals surface area contributed by atoms with Crippen LogP contribution in [-0.2, 0) is 4.79 Å². The molecule has 0 bridgehead atoms. The molecular weight excluding hydrogens is 300 g/mol. The highest BCUT2D eigenvalue weighted by Crippen LogP contribution is 2.31. The van der Waals surface area contributed by atoms with Gasteiger partial charge in [0, 0.05) is 18.0 Å². The molecule has 0 aliphatic carbocycles. The molecule has 1 aromatic carbocycles. The predicted molar refractivity (Wildman–Crippen MR) is 87.1 cm³/mol. The number of likely N-dealkylation sites (tertiary alicyclic amines) is 1. The summed E-state index contributed by atoms with van der Waals surface area (Å²) in [5.74, 6) is -0.844. The van der Waals surface area contributed by atoms with E-state index in [1.807, 2.05) is 37.4 Å². The van der Waals surface area contributed by atoms with Gasteiger partial charge in [0.2, 0.25) is 0 Å². The summed E-state index contributed by atoms with van der Waals surface area (Å²) in [4.78, 5) is 26.3. The van der Waals surface area contributed by atoms with Crippen molar-refractivity contribution in [3.05, 3.63) is 29.8 Å². The number of hydrogen-bond donors (Lipinski definition) is 2. The average molecular weight is 322 g/mol. The molecule has 1 saturated heterocycles. The molecule has 22 heavy (non-hydrogen) atoms. The van der Waals surface area contributed by atoms with Gasteiger partial charge in [-0.15, -0.1) is 11.8 Å². The Kier molecular flexibility index (Phi) is 5.01. The third kappa shape index (κ3) is 3.38. The van der Waals surface area contributed by atoms with E-state index in [0.717, 1.165) is 10.5 Å². The summed E-state index contributed by atoms with van der Waals surface area (Å²) < 4.78 is 0. The molecule has 2 amide bonds. The molecule has 1 unspecified atom stereocenters. The van der Waals surface area contributed by atoms with Crippen LogP contribution in [0.4, 0.5) is 4.79 Å². The summed E-state index contributed by atoms with van der Waals surface area (Å²) >= 11 is 1.64. The number of nitrogens with one attached hydrogen (secondary N) is 1. The third-order valence-electron chi connectivity index (χ3n) is 4.22. The van der Waals surface area contributed by atoms with E-state index in [0.29, 0.717) is 13.0 Å². The molecule has 0 radical (unpaired) electrons. The van der Waals surface area contributed by atoms with Gasteiger partial charge in [-0.2, -0.15) is 0 Å². The minimum absolute atomic E-state index is 0.118. The lowest BCUT2D eigenvalue weighted by atomic mass is 9.90. The molecule has 0 aromatic heterocycles. The number of carboxylic acids is 1. The Bertz CT molecular complexity index is 578. The Hall–Kier alpha value is -1.69. The molecule has 2 atom stereocenters. The fraction of sp³-hybridized carbons (Fsp3) is 0.500. The van der Waals surface area contributed by atoms with E-state index < -0.39 is 11.4 Å². The van der Waals surface area contributed by atoms with Crippen LogP contribution in [0.3, 0.4) is 0 Å². The van der Waals surface area contributed by atoms with Crippen molar-refractivity contribution >= 4 is 23.8 Å². The molecular formula is C16H22N2O3S.